The zero-order valence-corrected chi connectivity index (χ0v) is 8.27. The molecule has 0 saturated carbocycles. The molecule has 1 aromatic rings. The maximum Gasteiger partial charge on any atom is 0.393 e. The van der Waals surface area contributed by atoms with E-state index >= 15 is 0 Å². The van der Waals surface area contributed by atoms with Gasteiger partial charge in [0.1, 0.15) is 0 Å². The maximum atomic E-state index is 12.1. The summed E-state index contributed by atoms with van der Waals surface area (Å²) in [6.07, 6.45) is -5.76. The maximum absolute atomic E-state index is 12.1. The molecule has 0 aliphatic heterocycles. The molecule has 84 valence electrons. The summed E-state index contributed by atoms with van der Waals surface area (Å²) in [6, 6.07) is 4.79. The first kappa shape index (κ1) is 12.0. The van der Waals surface area contributed by atoms with Crippen LogP contribution in [0.15, 0.2) is 29.2 Å². The number of hydrogen-bond donors (Lipinski definition) is 1. The van der Waals surface area contributed by atoms with Crippen LogP contribution in [0, 0.1) is 0 Å². The van der Waals surface area contributed by atoms with Gasteiger partial charge in [-0.15, -0.1) is 0 Å². The van der Waals surface area contributed by atoms with Gasteiger partial charge in [0.25, 0.3) is 0 Å². The molecule has 0 aliphatic rings. The van der Waals surface area contributed by atoms with Gasteiger partial charge in [-0.2, -0.15) is 13.2 Å². The molecule has 3 nitrogen and oxygen atoms in total. The predicted molar refractivity (Wildman–Crippen MR) is 47.6 cm³/mol. The van der Waals surface area contributed by atoms with Crippen molar-refractivity contribution in [3.8, 4) is 0 Å². The smallest absolute Gasteiger partial charge is 0.225 e. The molecule has 1 rings (SSSR count). The second kappa shape index (κ2) is 3.82. The third kappa shape index (κ3) is 3.52. The monoisotopic (exact) mass is 239 g/mol. The van der Waals surface area contributed by atoms with Gasteiger partial charge in [0.15, 0.2) is 0 Å². The number of benzene rings is 1. The number of alkyl halides is 3. The van der Waals surface area contributed by atoms with Gasteiger partial charge in [0.05, 0.1) is 11.3 Å². The van der Waals surface area contributed by atoms with Gasteiger partial charge in [-0.25, -0.2) is 13.6 Å². The molecule has 0 fully saturated rings. The van der Waals surface area contributed by atoms with Crippen molar-refractivity contribution in [3.05, 3.63) is 29.8 Å². The van der Waals surface area contributed by atoms with Gasteiger partial charge in [-0.1, -0.05) is 18.2 Å². The number of rotatable bonds is 2. The van der Waals surface area contributed by atoms with Crippen LogP contribution in [0.3, 0.4) is 0 Å². The van der Waals surface area contributed by atoms with Crippen LogP contribution in [0.4, 0.5) is 13.2 Å². The van der Waals surface area contributed by atoms with E-state index in [9.17, 15) is 21.6 Å². The van der Waals surface area contributed by atoms with Gasteiger partial charge in [0.2, 0.25) is 10.0 Å². The first-order valence-corrected chi connectivity index (χ1v) is 5.42. The highest BCUT2D eigenvalue weighted by atomic mass is 32.2. The fourth-order valence-electron chi connectivity index (χ4n) is 1.14. The molecule has 1 aromatic carbocycles. The van der Waals surface area contributed by atoms with E-state index in [1.165, 1.54) is 12.1 Å². The largest absolute Gasteiger partial charge is 0.393 e. The Labute approximate surface area is 84.8 Å². The average molecular weight is 239 g/mol. The second-order valence-electron chi connectivity index (χ2n) is 2.94. The topological polar surface area (TPSA) is 60.2 Å². The summed E-state index contributed by atoms with van der Waals surface area (Å²) in [4.78, 5) is -0.484. The summed E-state index contributed by atoms with van der Waals surface area (Å²) in [5.41, 5.74) is -0.340. The van der Waals surface area contributed by atoms with Crippen LogP contribution in [-0.4, -0.2) is 14.6 Å². The molecular formula is C8H8F3NO2S. The van der Waals surface area contributed by atoms with Gasteiger partial charge in [-0.05, 0) is 11.6 Å². The normalized spacial score (nSPS) is 12.8. The first-order valence-electron chi connectivity index (χ1n) is 3.87. The Bertz CT molecular complexity index is 453. The third-order valence-corrected chi connectivity index (χ3v) is 2.68. The minimum atomic E-state index is -4.46. The lowest BCUT2D eigenvalue weighted by Gasteiger charge is -2.09. The lowest BCUT2D eigenvalue weighted by Crippen LogP contribution is -2.18. The Morgan fingerprint density at radius 3 is 2.20 bits per heavy atom. The lowest BCUT2D eigenvalue weighted by atomic mass is 10.1. The minimum Gasteiger partial charge on any atom is -0.225 e. The molecular weight excluding hydrogens is 231 g/mol. The highest BCUT2D eigenvalue weighted by Crippen LogP contribution is 2.24. The number of halogens is 3. The molecule has 0 unspecified atom stereocenters. The summed E-state index contributed by atoms with van der Waals surface area (Å²) in [6.45, 7) is 0. The summed E-state index contributed by atoms with van der Waals surface area (Å²) >= 11 is 0. The standard InChI is InChI=1S/C8H8F3NO2S/c9-8(10,11)5-6-3-1-2-4-7(6)15(12,13)14/h1-4H,5H2,(H2,12,13,14). The van der Waals surface area contributed by atoms with Crippen LogP contribution in [0.5, 0.6) is 0 Å². The number of sulfonamides is 1. The summed E-state index contributed by atoms with van der Waals surface area (Å²) in [7, 11) is -4.11. The van der Waals surface area contributed by atoms with E-state index in [4.69, 9.17) is 5.14 Å². The second-order valence-corrected chi connectivity index (χ2v) is 4.47. The molecule has 0 radical (unpaired) electrons. The lowest BCUT2D eigenvalue weighted by molar-refractivity contribution is -0.127. The van der Waals surface area contributed by atoms with Crippen molar-refractivity contribution in [3.63, 3.8) is 0 Å². The van der Waals surface area contributed by atoms with Crippen molar-refractivity contribution in [2.45, 2.75) is 17.5 Å². The fourth-order valence-corrected chi connectivity index (χ4v) is 1.92. The summed E-state index contributed by atoms with van der Waals surface area (Å²) in [5, 5.41) is 4.78. The van der Waals surface area contributed by atoms with Crippen molar-refractivity contribution in [1.29, 1.82) is 0 Å². The van der Waals surface area contributed by atoms with Gasteiger partial charge >= 0.3 is 6.18 Å². The highest BCUT2D eigenvalue weighted by Gasteiger charge is 2.30. The van der Waals surface area contributed by atoms with E-state index in [2.05, 4.69) is 0 Å². The first-order chi connectivity index (χ1) is 6.70. The molecule has 7 heteroatoms. The van der Waals surface area contributed by atoms with E-state index in [0.717, 1.165) is 12.1 Å². The van der Waals surface area contributed by atoms with E-state index in [-0.39, 0.29) is 5.56 Å². The van der Waals surface area contributed by atoms with E-state index in [1.54, 1.807) is 0 Å². The quantitative estimate of drug-likeness (QED) is 0.848. The van der Waals surface area contributed by atoms with Crippen LogP contribution in [-0.2, 0) is 16.4 Å². The third-order valence-electron chi connectivity index (χ3n) is 1.67. The SMILES string of the molecule is NS(=O)(=O)c1ccccc1CC(F)(F)F. The number of nitrogens with two attached hydrogens (primary N) is 1. The van der Waals surface area contributed by atoms with Crippen molar-refractivity contribution < 1.29 is 21.6 Å². The Morgan fingerprint density at radius 2 is 1.73 bits per heavy atom. The molecule has 15 heavy (non-hydrogen) atoms. The fraction of sp³-hybridized carbons (Fsp3) is 0.250. The van der Waals surface area contributed by atoms with Crippen molar-refractivity contribution >= 4 is 10.0 Å². The van der Waals surface area contributed by atoms with Crippen molar-refractivity contribution in [1.82, 2.24) is 0 Å². The van der Waals surface area contributed by atoms with Crippen LogP contribution in [0.2, 0.25) is 0 Å². The van der Waals surface area contributed by atoms with Crippen molar-refractivity contribution in [2.24, 2.45) is 5.14 Å². The molecule has 0 amide bonds. The van der Waals surface area contributed by atoms with E-state index in [1.807, 2.05) is 0 Å². The van der Waals surface area contributed by atoms with Crippen LogP contribution in [0.25, 0.3) is 0 Å². The Balaban J connectivity index is 3.20. The Morgan fingerprint density at radius 1 is 1.20 bits per heavy atom. The molecule has 0 aromatic heterocycles. The predicted octanol–water partition coefficient (Wildman–Crippen LogP) is 1.44. The zero-order chi connectivity index (χ0) is 11.7. The zero-order valence-electron chi connectivity index (χ0n) is 7.45. The Hall–Kier alpha value is -1.08. The number of primary sulfonamides is 1. The van der Waals surface area contributed by atoms with E-state index in [0.29, 0.717) is 0 Å². The highest BCUT2D eigenvalue weighted by molar-refractivity contribution is 7.89. The number of hydrogen-bond acceptors (Lipinski definition) is 2. The van der Waals surface area contributed by atoms with Crippen LogP contribution < -0.4 is 5.14 Å². The van der Waals surface area contributed by atoms with E-state index < -0.39 is 27.5 Å². The molecule has 0 heterocycles. The molecule has 0 bridgehead atoms. The average Bonchev–Trinajstić information content (AvgIpc) is 1.99. The Kier molecular flexibility index (Phi) is 3.05. The molecule has 0 spiro atoms. The van der Waals surface area contributed by atoms with Crippen molar-refractivity contribution in [2.75, 3.05) is 0 Å². The molecule has 0 aliphatic carbocycles. The van der Waals surface area contributed by atoms with Gasteiger partial charge in [-0.3, -0.25) is 0 Å². The minimum absolute atomic E-state index is 0.340. The van der Waals surface area contributed by atoms with Crippen LogP contribution >= 0.6 is 0 Å². The summed E-state index contributed by atoms with van der Waals surface area (Å²) in [5.74, 6) is 0. The summed E-state index contributed by atoms with van der Waals surface area (Å²) < 4.78 is 58.1. The molecule has 0 saturated heterocycles. The molecule has 2 N–H and O–H groups in total. The van der Waals surface area contributed by atoms with Gasteiger partial charge in [0, 0.05) is 0 Å². The molecule has 0 atom stereocenters. The van der Waals surface area contributed by atoms with Crippen LogP contribution in [0.1, 0.15) is 5.56 Å². The van der Waals surface area contributed by atoms with Gasteiger partial charge < -0.3 is 0 Å².